The minimum absolute atomic E-state index is 0.0716. The average Bonchev–Trinajstić information content (AvgIpc) is 3.11. The van der Waals surface area contributed by atoms with Gasteiger partial charge in [-0.15, -0.1) is 0 Å². The first-order valence-electron chi connectivity index (χ1n) is 10.6. The molecule has 4 amide bonds. The molecule has 2 aliphatic rings. The summed E-state index contributed by atoms with van der Waals surface area (Å²) in [6, 6.07) is 5.89. The smallest absolute Gasteiger partial charge is 0.471 e. The second-order valence-electron chi connectivity index (χ2n) is 8.11. The fourth-order valence-electron chi connectivity index (χ4n) is 4.00. The van der Waals surface area contributed by atoms with Gasteiger partial charge >= 0.3 is 18.1 Å². The molecule has 11 nitrogen and oxygen atoms in total. The molecule has 0 saturated carbocycles. The molecular formula is C21H26F3N3O8. The molecule has 2 heterocycles. The van der Waals surface area contributed by atoms with Crippen molar-refractivity contribution < 1.29 is 52.0 Å². The van der Waals surface area contributed by atoms with Crippen LogP contribution in [0.5, 0.6) is 5.75 Å². The number of imide groups is 1. The van der Waals surface area contributed by atoms with Crippen LogP contribution in [-0.4, -0.2) is 102 Å². The Hall–Kier alpha value is -2.94. The molecule has 0 radical (unpaired) electrons. The van der Waals surface area contributed by atoms with Crippen LogP contribution in [0.1, 0.15) is 12.0 Å². The summed E-state index contributed by atoms with van der Waals surface area (Å²) in [5.74, 6) is -2.16. The fraction of sp³-hybridized carbons (Fsp3) is 0.571. The third kappa shape index (κ3) is 5.34. The number of alkyl halides is 3. The van der Waals surface area contributed by atoms with Crippen molar-refractivity contribution >= 4 is 17.8 Å². The summed E-state index contributed by atoms with van der Waals surface area (Å²) in [5, 5.41) is 22.2. The number of aliphatic hydroxyl groups excluding tert-OH is 2. The Bertz CT molecular complexity index is 945. The monoisotopic (exact) mass is 505 g/mol. The van der Waals surface area contributed by atoms with Gasteiger partial charge in [-0.3, -0.25) is 19.4 Å². The van der Waals surface area contributed by atoms with Gasteiger partial charge in [0.15, 0.2) is 6.23 Å². The maximum absolute atomic E-state index is 13.2. The van der Waals surface area contributed by atoms with E-state index in [0.29, 0.717) is 11.3 Å². The van der Waals surface area contributed by atoms with Crippen molar-refractivity contribution in [1.82, 2.24) is 15.1 Å². The van der Waals surface area contributed by atoms with Crippen molar-refractivity contribution in [2.24, 2.45) is 0 Å². The summed E-state index contributed by atoms with van der Waals surface area (Å²) in [6.07, 6.45) is -9.64. The van der Waals surface area contributed by atoms with Crippen molar-refractivity contribution in [2.75, 3.05) is 33.9 Å². The number of methoxy groups -OCH3 is 2. The van der Waals surface area contributed by atoms with E-state index in [4.69, 9.17) is 14.2 Å². The van der Waals surface area contributed by atoms with E-state index in [2.05, 4.69) is 0 Å². The summed E-state index contributed by atoms with van der Waals surface area (Å²) in [4.78, 5) is 39.1. The van der Waals surface area contributed by atoms with Gasteiger partial charge in [-0.25, -0.2) is 4.79 Å². The van der Waals surface area contributed by atoms with Crippen LogP contribution in [0.25, 0.3) is 0 Å². The number of ether oxygens (including phenoxy) is 3. The average molecular weight is 505 g/mol. The van der Waals surface area contributed by atoms with Crippen LogP contribution in [0.3, 0.4) is 0 Å². The second-order valence-corrected chi connectivity index (χ2v) is 8.11. The zero-order chi connectivity index (χ0) is 26.0. The SMILES string of the molecule is COc1ccc(CN2C(=O)CCN([C@@H]3O[C@@](CO)(CNC(=O)C(F)(F)F)[C@@H](O)[C@H]3OC)C2=O)cc1. The van der Waals surface area contributed by atoms with Crippen molar-refractivity contribution in [2.45, 2.75) is 43.2 Å². The van der Waals surface area contributed by atoms with Gasteiger partial charge in [0, 0.05) is 20.1 Å². The summed E-state index contributed by atoms with van der Waals surface area (Å²) >= 11 is 0. The maximum atomic E-state index is 13.2. The minimum atomic E-state index is -5.19. The van der Waals surface area contributed by atoms with Crippen LogP contribution in [0.15, 0.2) is 24.3 Å². The maximum Gasteiger partial charge on any atom is 0.471 e. The molecule has 2 saturated heterocycles. The van der Waals surface area contributed by atoms with Crippen LogP contribution in [-0.2, 0) is 25.6 Å². The van der Waals surface area contributed by atoms with Gasteiger partial charge in [-0.1, -0.05) is 12.1 Å². The first-order chi connectivity index (χ1) is 16.5. The van der Waals surface area contributed by atoms with Crippen LogP contribution in [0.2, 0.25) is 0 Å². The lowest BCUT2D eigenvalue weighted by Crippen LogP contribution is -2.58. The van der Waals surface area contributed by atoms with E-state index in [1.54, 1.807) is 29.6 Å². The standard InChI is InChI=1S/C21H26F3N3O8/c1-33-13-5-3-12(4-6-13)9-27-14(29)7-8-26(19(27)32)17-15(34-2)16(30)20(11-28,35-17)10-25-18(31)21(22,23)24/h3-6,15-17,28,30H,7-11H2,1-2H3,(H,25,31)/t15-,16+,17-,20-/m1/s1. The molecule has 14 heteroatoms. The molecule has 35 heavy (non-hydrogen) atoms. The summed E-state index contributed by atoms with van der Waals surface area (Å²) in [6.45, 7) is -2.09. The van der Waals surface area contributed by atoms with Gasteiger partial charge in [-0.05, 0) is 17.7 Å². The molecule has 3 N–H and O–H groups in total. The van der Waals surface area contributed by atoms with E-state index in [-0.39, 0.29) is 19.5 Å². The van der Waals surface area contributed by atoms with Gasteiger partial charge in [0.05, 0.1) is 26.8 Å². The van der Waals surface area contributed by atoms with Crippen LogP contribution in [0, 0.1) is 0 Å². The van der Waals surface area contributed by atoms with E-state index in [1.165, 1.54) is 14.2 Å². The van der Waals surface area contributed by atoms with E-state index in [0.717, 1.165) is 9.80 Å². The molecule has 0 bridgehead atoms. The fourth-order valence-corrected chi connectivity index (χ4v) is 4.00. The molecule has 194 valence electrons. The third-order valence-electron chi connectivity index (χ3n) is 5.98. The molecule has 2 aliphatic heterocycles. The lowest BCUT2D eigenvalue weighted by atomic mass is 9.95. The highest BCUT2D eigenvalue weighted by atomic mass is 19.4. The Morgan fingerprint density at radius 3 is 2.46 bits per heavy atom. The van der Waals surface area contributed by atoms with E-state index < -0.39 is 61.2 Å². The summed E-state index contributed by atoms with van der Waals surface area (Å²) < 4.78 is 53.9. The number of hydrogen-bond donors (Lipinski definition) is 3. The molecular weight excluding hydrogens is 479 g/mol. The Morgan fingerprint density at radius 1 is 1.26 bits per heavy atom. The summed E-state index contributed by atoms with van der Waals surface area (Å²) in [7, 11) is 2.68. The normalized spacial score (nSPS) is 27.3. The highest BCUT2D eigenvalue weighted by Crippen LogP contribution is 2.36. The Balaban J connectivity index is 1.80. The highest BCUT2D eigenvalue weighted by molar-refractivity contribution is 5.96. The van der Waals surface area contributed by atoms with Gasteiger partial charge in [0.1, 0.15) is 23.6 Å². The molecule has 3 rings (SSSR count). The molecule has 0 unspecified atom stereocenters. The van der Waals surface area contributed by atoms with Crippen molar-refractivity contribution in [3.63, 3.8) is 0 Å². The predicted molar refractivity (Wildman–Crippen MR) is 111 cm³/mol. The molecule has 0 aromatic heterocycles. The van der Waals surface area contributed by atoms with Gasteiger partial charge in [-0.2, -0.15) is 13.2 Å². The number of aliphatic hydroxyl groups is 2. The third-order valence-corrected chi connectivity index (χ3v) is 5.98. The number of nitrogens with one attached hydrogen (secondary N) is 1. The van der Waals surface area contributed by atoms with E-state index in [9.17, 15) is 37.8 Å². The molecule has 0 spiro atoms. The van der Waals surface area contributed by atoms with Crippen LogP contribution >= 0.6 is 0 Å². The predicted octanol–water partition coefficient (Wildman–Crippen LogP) is -0.00870. The zero-order valence-electron chi connectivity index (χ0n) is 18.9. The van der Waals surface area contributed by atoms with Gasteiger partial charge in [0.25, 0.3) is 0 Å². The Kier molecular flexibility index (Phi) is 7.89. The van der Waals surface area contributed by atoms with Crippen LogP contribution < -0.4 is 10.1 Å². The molecule has 0 aliphatic carbocycles. The highest BCUT2D eigenvalue weighted by Gasteiger charge is 2.58. The largest absolute Gasteiger partial charge is 0.497 e. The lowest BCUT2D eigenvalue weighted by molar-refractivity contribution is -0.178. The quantitative estimate of drug-likeness (QED) is 0.449. The number of nitrogens with zero attached hydrogens (tertiary/aromatic N) is 2. The Labute approximate surface area is 198 Å². The molecule has 1 aromatic rings. The van der Waals surface area contributed by atoms with Crippen molar-refractivity contribution in [3.05, 3.63) is 29.8 Å². The number of carbonyl (C=O) groups is 3. The Morgan fingerprint density at radius 2 is 1.91 bits per heavy atom. The number of halogens is 3. The number of amides is 4. The number of hydrogen-bond acceptors (Lipinski definition) is 8. The second kappa shape index (κ2) is 10.4. The minimum Gasteiger partial charge on any atom is -0.497 e. The number of urea groups is 1. The van der Waals surface area contributed by atoms with E-state index >= 15 is 0 Å². The molecule has 4 atom stereocenters. The number of rotatable bonds is 8. The van der Waals surface area contributed by atoms with Gasteiger partial charge < -0.3 is 29.7 Å². The van der Waals surface area contributed by atoms with Gasteiger partial charge in [0.2, 0.25) is 5.91 Å². The first kappa shape index (κ1) is 26.7. The first-order valence-corrected chi connectivity index (χ1v) is 10.6. The number of carbonyl (C=O) groups excluding carboxylic acids is 3. The number of benzene rings is 1. The molecule has 1 aromatic carbocycles. The van der Waals surface area contributed by atoms with Crippen molar-refractivity contribution in [1.29, 1.82) is 0 Å². The topological polar surface area (TPSA) is 138 Å². The van der Waals surface area contributed by atoms with Crippen LogP contribution in [0.4, 0.5) is 18.0 Å². The lowest BCUT2D eigenvalue weighted by Gasteiger charge is -2.39. The van der Waals surface area contributed by atoms with Crippen molar-refractivity contribution in [3.8, 4) is 5.75 Å². The molecule has 2 fully saturated rings. The van der Waals surface area contributed by atoms with E-state index in [1.807, 2.05) is 0 Å². The zero-order valence-corrected chi connectivity index (χ0v) is 18.9. The summed E-state index contributed by atoms with van der Waals surface area (Å²) in [5.41, 5.74) is -1.46.